The van der Waals surface area contributed by atoms with Crippen LogP contribution in [-0.2, 0) is 10.0 Å². The van der Waals surface area contributed by atoms with Gasteiger partial charge in [-0.2, -0.15) is 5.10 Å². The minimum Gasteiger partial charge on any atom is -0.301 e. The quantitative estimate of drug-likeness (QED) is 0.763. The van der Waals surface area contributed by atoms with Gasteiger partial charge in [0, 0.05) is 12.6 Å². The maximum Gasteiger partial charge on any atom is 0.257 e. The summed E-state index contributed by atoms with van der Waals surface area (Å²) in [4.78, 5) is 2.44. The van der Waals surface area contributed by atoms with E-state index in [-0.39, 0.29) is 5.03 Å². The molecule has 7 heteroatoms. The Hall–Kier alpha value is -0.920. The van der Waals surface area contributed by atoms with Gasteiger partial charge in [-0.05, 0) is 45.3 Å². The predicted octanol–water partition coefficient (Wildman–Crippen LogP) is 0.952. The number of likely N-dealkylation sites (tertiary alicyclic amines) is 1. The summed E-state index contributed by atoms with van der Waals surface area (Å²) in [5, 5.41) is 6.24. The summed E-state index contributed by atoms with van der Waals surface area (Å²) in [5.41, 5.74) is 0. The highest BCUT2D eigenvalue weighted by Gasteiger charge is 2.18. The number of aromatic nitrogens is 2. The van der Waals surface area contributed by atoms with Crippen LogP contribution in [-0.4, -0.2) is 49.2 Å². The summed E-state index contributed by atoms with van der Waals surface area (Å²) >= 11 is 0. The third-order valence-corrected chi connectivity index (χ3v) is 5.01. The molecule has 2 N–H and O–H groups in total. The molecule has 108 valence electrons. The fourth-order valence-corrected chi connectivity index (χ4v) is 3.43. The molecule has 1 aliphatic rings. The van der Waals surface area contributed by atoms with Gasteiger partial charge in [-0.3, -0.25) is 5.10 Å². The normalized spacial score (nSPS) is 21.6. The number of sulfonamides is 1. The molecule has 0 saturated carbocycles. The molecule has 0 amide bonds. The minimum absolute atomic E-state index is 0.124. The van der Waals surface area contributed by atoms with Gasteiger partial charge in [0.2, 0.25) is 0 Å². The van der Waals surface area contributed by atoms with Crippen LogP contribution in [0.3, 0.4) is 0 Å². The van der Waals surface area contributed by atoms with Crippen molar-refractivity contribution in [3.63, 3.8) is 0 Å². The lowest BCUT2D eigenvalue weighted by atomic mass is 10.0. The van der Waals surface area contributed by atoms with Crippen molar-refractivity contribution in [2.24, 2.45) is 0 Å². The van der Waals surface area contributed by atoms with Crippen molar-refractivity contribution in [2.75, 3.05) is 19.6 Å². The third-order valence-electron chi connectivity index (χ3n) is 3.62. The number of rotatable bonds is 6. The van der Waals surface area contributed by atoms with Gasteiger partial charge >= 0.3 is 0 Å². The molecular weight excluding hydrogens is 264 g/mol. The second-order valence-electron chi connectivity index (χ2n) is 5.05. The van der Waals surface area contributed by atoms with Crippen LogP contribution in [0.25, 0.3) is 0 Å². The number of H-pyrrole nitrogens is 1. The Morgan fingerprint density at radius 3 is 3.05 bits per heavy atom. The van der Waals surface area contributed by atoms with Crippen LogP contribution in [0.1, 0.15) is 32.6 Å². The molecule has 0 aromatic carbocycles. The van der Waals surface area contributed by atoms with E-state index in [0.717, 1.165) is 19.5 Å². The molecule has 1 saturated heterocycles. The number of aromatic amines is 1. The maximum atomic E-state index is 11.8. The van der Waals surface area contributed by atoms with Crippen LogP contribution >= 0.6 is 0 Å². The van der Waals surface area contributed by atoms with E-state index in [1.54, 1.807) is 0 Å². The van der Waals surface area contributed by atoms with Gasteiger partial charge in [-0.1, -0.05) is 6.42 Å². The smallest absolute Gasteiger partial charge is 0.257 e. The van der Waals surface area contributed by atoms with Crippen LogP contribution in [0.5, 0.6) is 0 Å². The Balaban J connectivity index is 1.72. The minimum atomic E-state index is -3.42. The molecule has 6 nitrogen and oxygen atoms in total. The topological polar surface area (TPSA) is 78.1 Å². The summed E-state index contributed by atoms with van der Waals surface area (Å²) in [6, 6.07) is 2.08. The van der Waals surface area contributed by atoms with Crippen LogP contribution in [0, 0.1) is 0 Å². The molecule has 0 radical (unpaired) electrons. The van der Waals surface area contributed by atoms with Crippen LogP contribution < -0.4 is 4.72 Å². The average molecular weight is 286 g/mol. The van der Waals surface area contributed by atoms with Crippen LogP contribution in [0.15, 0.2) is 17.3 Å². The lowest BCUT2D eigenvalue weighted by Crippen LogP contribution is -2.39. The second kappa shape index (κ2) is 6.49. The van der Waals surface area contributed by atoms with E-state index < -0.39 is 10.0 Å². The summed E-state index contributed by atoms with van der Waals surface area (Å²) in [6.07, 6.45) is 6.08. The number of piperidine rings is 1. The van der Waals surface area contributed by atoms with Crippen molar-refractivity contribution >= 4 is 10.0 Å². The molecule has 2 heterocycles. The van der Waals surface area contributed by atoms with E-state index in [4.69, 9.17) is 0 Å². The van der Waals surface area contributed by atoms with Crippen LogP contribution in [0.4, 0.5) is 0 Å². The Bertz CT molecular complexity index is 472. The molecule has 0 bridgehead atoms. The molecule has 0 spiro atoms. The molecule has 0 aliphatic carbocycles. The third kappa shape index (κ3) is 4.02. The summed E-state index contributed by atoms with van der Waals surface area (Å²) in [6.45, 7) is 4.79. The van der Waals surface area contributed by atoms with Gasteiger partial charge in [0.05, 0.1) is 6.20 Å². The lowest BCUT2D eigenvalue weighted by molar-refractivity contribution is 0.159. The van der Waals surface area contributed by atoms with Crippen molar-refractivity contribution in [2.45, 2.75) is 43.7 Å². The maximum absolute atomic E-state index is 11.8. The van der Waals surface area contributed by atoms with E-state index >= 15 is 0 Å². The molecule has 1 aliphatic heterocycles. The van der Waals surface area contributed by atoms with Crippen molar-refractivity contribution in [1.82, 2.24) is 19.8 Å². The van der Waals surface area contributed by atoms with Gasteiger partial charge in [-0.15, -0.1) is 0 Å². The van der Waals surface area contributed by atoms with Crippen molar-refractivity contribution < 1.29 is 8.42 Å². The van der Waals surface area contributed by atoms with Crippen LogP contribution in [0.2, 0.25) is 0 Å². The number of hydrogen-bond donors (Lipinski definition) is 2. The van der Waals surface area contributed by atoms with Crippen molar-refractivity contribution in [3.05, 3.63) is 12.3 Å². The van der Waals surface area contributed by atoms with E-state index in [1.807, 2.05) is 0 Å². The first-order valence-electron chi connectivity index (χ1n) is 6.83. The highest BCUT2D eigenvalue weighted by atomic mass is 32.2. The average Bonchev–Trinajstić information content (AvgIpc) is 2.91. The van der Waals surface area contributed by atoms with E-state index in [2.05, 4.69) is 26.7 Å². The standard InChI is InChI=1S/C12H22N4O2S/c1-11-5-2-3-9-16(11)10-4-7-14-19(17,18)12-6-8-13-15-12/h6,8,11,14H,2-5,7,9-10H2,1H3,(H,13,15). The molecule has 1 fully saturated rings. The van der Waals surface area contributed by atoms with Gasteiger partial charge in [0.25, 0.3) is 10.0 Å². The molecule has 1 atom stereocenters. The fourth-order valence-electron chi connectivity index (χ4n) is 2.45. The highest BCUT2D eigenvalue weighted by Crippen LogP contribution is 2.16. The number of nitrogens with one attached hydrogen (secondary N) is 2. The molecule has 1 unspecified atom stereocenters. The molecule has 1 aromatic rings. The SMILES string of the molecule is CC1CCCCN1CCCNS(=O)(=O)c1ccn[nH]1. The first-order valence-corrected chi connectivity index (χ1v) is 8.31. The lowest BCUT2D eigenvalue weighted by Gasteiger charge is -2.33. The molecule has 1 aromatic heterocycles. The first kappa shape index (κ1) is 14.5. The molecule has 2 rings (SSSR count). The van der Waals surface area contributed by atoms with Gasteiger partial charge in [-0.25, -0.2) is 13.1 Å². The zero-order valence-corrected chi connectivity index (χ0v) is 12.1. The zero-order chi connectivity index (χ0) is 13.7. The summed E-state index contributed by atoms with van der Waals surface area (Å²) in [5.74, 6) is 0. The predicted molar refractivity (Wildman–Crippen MR) is 73.3 cm³/mol. The van der Waals surface area contributed by atoms with Gasteiger partial charge in [0.15, 0.2) is 5.03 Å². The Labute approximate surface area is 114 Å². The Kier molecular flexibility index (Phi) is 4.95. The monoisotopic (exact) mass is 286 g/mol. The number of hydrogen-bond acceptors (Lipinski definition) is 4. The fraction of sp³-hybridized carbons (Fsp3) is 0.750. The Morgan fingerprint density at radius 2 is 2.37 bits per heavy atom. The van der Waals surface area contributed by atoms with Crippen molar-refractivity contribution in [3.8, 4) is 0 Å². The Morgan fingerprint density at radius 1 is 1.53 bits per heavy atom. The van der Waals surface area contributed by atoms with E-state index in [9.17, 15) is 8.42 Å². The van der Waals surface area contributed by atoms with Gasteiger partial charge in [0.1, 0.15) is 0 Å². The summed E-state index contributed by atoms with van der Waals surface area (Å²) < 4.78 is 26.2. The van der Waals surface area contributed by atoms with E-state index in [0.29, 0.717) is 12.6 Å². The highest BCUT2D eigenvalue weighted by molar-refractivity contribution is 7.89. The largest absolute Gasteiger partial charge is 0.301 e. The van der Waals surface area contributed by atoms with E-state index in [1.165, 1.54) is 31.5 Å². The van der Waals surface area contributed by atoms with Gasteiger partial charge < -0.3 is 4.90 Å². The zero-order valence-electron chi connectivity index (χ0n) is 11.3. The summed E-state index contributed by atoms with van der Waals surface area (Å²) in [7, 11) is -3.42. The van der Waals surface area contributed by atoms with Crippen molar-refractivity contribution in [1.29, 1.82) is 0 Å². The number of nitrogens with zero attached hydrogens (tertiary/aromatic N) is 2. The molecular formula is C12H22N4O2S. The molecule has 19 heavy (non-hydrogen) atoms. The second-order valence-corrected chi connectivity index (χ2v) is 6.79. The first-order chi connectivity index (χ1) is 9.09.